The third kappa shape index (κ3) is 4.68. The molecule has 23 heavy (non-hydrogen) atoms. The molecule has 4 nitrogen and oxygen atoms in total. The Labute approximate surface area is 140 Å². The fourth-order valence-electron chi connectivity index (χ4n) is 2.16. The lowest BCUT2D eigenvalue weighted by molar-refractivity contribution is 0.322. The fraction of sp³-hybridized carbons (Fsp3) is 0.222. The Morgan fingerprint density at radius 2 is 1.83 bits per heavy atom. The first-order valence-corrected chi connectivity index (χ1v) is 8.26. The maximum atomic E-state index is 9.67. The molecule has 1 unspecified atom stereocenters. The van der Waals surface area contributed by atoms with Crippen LogP contribution in [0.4, 0.5) is 0 Å². The number of benzene rings is 2. The van der Waals surface area contributed by atoms with Crippen LogP contribution in [0.3, 0.4) is 0 Å². The van der Waals surface area contributed by atoms with Gasteiger partial charge >= 0.3 is 0 Å². The van der Waals surface area contributed by atoms with Crippen LogP contribution in [0.5, 0.6) is 17.2 Å². The number of aromatic hydroxyl groups is 2. The highest BCUT2D eigenvalue weighted by Crippen LogP contribution is 2.35. The SMILES string of the molecule is COc1cc(O)c(O)cc1C=CC(SCCO)c1ccccc1. The maximum absolute atomic E-state index is 9.67. The Balaban J connectivity index is 2.28. The summed E-state index contributed by atoms with van der Waals surface area (Å²) in [6, 6.07) is 12.8. The van der Waals surface area contributed by atoms with Crippen molar-refractivity contribution in [1.29, 1.82) is 0 Å². The number of hydrogen-bond acceptors (Lipinski definition) is 5. The molecule has 0 fully saturated rings. The monoisotopic (exact) mass is 332 g/mol. The van der Waals surface area contributed by atoms with Crippen LogP contribution in [-0.4, -0.2) is 34.8 Å². The van der Waals surface area contributed by atoms with E-state index in [1.807, 2.05) is 42.5 Å². The molecule has 122 valence electrons. The van der Waals surface area contributed by atoms with Crippen molar-refractivity contribution in [2.24, 2.45) is 0 Å². The zero-order chi connectivity index (χ0) is 16.7. The first-order chi connectivity index (χ1) is 11.2. The van der Waals surface area contributed by atoms with Crippen LogP contribution in [0.15, 0.2) is 48.5 Å². The number of methoxy groups -OCH3 is 1. The molecule has 0 aromatic heterocycles. The van der Waals surface area contributed by atoms with Crippen molar-refractivity contribution >= 4 is 17.8 Å². The van der Waals surface area contributed by atoms with Crippen LogP contribution in [-0.2, 0) is 0 Å². The lowest BCUT2D eigenvalue weighted by Crippen LogP contribution is -1.95. The molecule has 0 spiro atoms. The molecule has 3 N–H and O–H groups in total. The van der Waals surface area contributed by atoms with Gasteiger partial charge in [0, 0.05) is 22.6 Å². The van der Waals surface area contributed by atoms with Crippen molar-refractivity contribution in [2.45, 2.75) is 5.25 Å². The van der Waals surface area contributed by atoms with Crippen molar-refractivity contribution in [2.75, 3.05) is 19.5 Å². The van der Waals surface area contributed by atoms with Gasteiger partial charge < -0.3 is 20.1 Å². The third-order valence-corrected chi connectivity index (χ3v) is 4.50. The van der Waals surface area contributed by atoms with Gasteiger partial charge in [-0.15, -0.1) is 11.8 Å². The number of thioether (sulfide) groups is 1. The number of aliphatic hydroxyl groups excluding tert-OH is 1. The van der Waals surface area contributed by atoms with E-state index in [0.717, 1.165) is 5.56 Å². The van der Waals surface area contributed by atoms with Crippen LogP contribution in [0, 0.1) is 0 Å². The van der Waals surface area contributed by atoms with Crippen LogP contribution in [0.1, 0.15) is 16.4 Å². The Hall–Kier alpha value is -2.11. The number of aliphatic hydroxyl groups is 1. The van der Waals surface area contributed by atoms with Gasteiger partial charge in [0.1, 0.15) is 5.75 Å². The minimum absolute atomic E-state index is 0.0732. The van der Waals surface area contributed by atoms with Crippen molar-refractivity contribution in [1.82, 2.24) is 0 Å². The average Bonchev–Trinajstić information content (AvgIpc) is 2.58. The minimum Gasteiger partial charge on any atom is -0.504 e. The molecule has 0 radical (unpaired) electrons. The average molecular weight is 332 g/mol. The molecule has 0 aliphatic rings. The molecule has 0 heterocycles. The summed E-state index contributed by atoms with van der Waals surface area (Å²) in [7, 11) is 1.51. The molecule has 0 amide bonds. The van der Waals surface area contributed by atoms with E-state index in [0.29, 0.717) is 17.1 Å². The molecule has 2 rings (SSSR count). The van der Waals surface area contributed by atoms with Crippen LogP contribution in [0.2, 0.25) is 0 Å². The summed E-state index contributed by atoms with van der Waals surface area (Å²) in [6.07, 6.45) is 3.84. The quantitative estimate of drug-likeness (QED) is 0.676. The van der Waals surface area contributed by atoms with Crippen LogP contribution in [0.25, 0.3) is 6.08 Å². The van der Waals surface area contributed by atoms with E-state index in [1.54, 1.807) is 11.8 Å². The van der Waals surface area contributed by atoms with Gasteiger partial charge in [0.25, 0.3) is 0 Å². The number of hydrogen-bond donors (Lipinski definition) is 3. The Bertz CT molecular complexity index is 656. The van der Waals surface area contributed by atoms with Gasteiger partial charge in [-0.2, -0.15) is 0 Å². The topological polar surface area (TPSA) is 69.9 Å². The molecule has 2 aromatic rings. The van der Waals surface area contributed by atoms with E-state index in [2.05, 4.69) is 0 Å². The lowest BCUT2D eigenvalue weighted by Gasteiger charge is -2.13. The molecular formula is C18H20O4S. The molecule has 0 aliphatic heterocycles. The van der Waals surface area contributed by atoms with E-state index in [1.165, 1.54) is 19.2 Å². The summed E-state index contributed by atoms with van der Waals surface area (Å²) < 4.78 is 5.23. The summed E-state index contributed by atoms with van der Waals surface area (Å²) in [4.78, 5) is 0. The van der Waals surface area contributed by atoms with E-state index in [4.69, 9.17) is 9.84 Å². The summed E-state index contributed by atoms with van der Waals surface area (Å²) in [5.74, 6) is 0.704. The van der Waals surface area contributed by atoms with Crippen molar-refractivity contribution < 1.29 is 20.1 Å². The second-order valence-electron chi connectivity index (χ2n) is 4.87. The number of phenols is 2. The molecule has 0 saturated carbocycles. The molecule has 1 atom stereocenters. The van der Waals surface area contributed by atoms with Gasteiger partial charge in [-0.1, -0.05) is 42.5 Å². The highest BCUT2D eigenvalue weighted by molar-refractivity contribution is 7.99. The van der Waals surface area contributed by atoms with Crippen molar-refractivity contribution in [3.8, 4) is 17.2 Å². The first-order valence-electron chi connectivity index (χ1n) is 7.21. The Morgan fingerprint density at radius 1 is 1.13 bits per heavy atom. The van der Waals surface area contributed by atoms with E-state index in [-0.39, 0.29) is 23.4 Å². The van der Waals surface area contributed by atoms with Crippen LogP contribution >= 0.6 is 11.8 Å². The summed E-state index contributed by atoms with van der Waals surface area (Å²) in [5.41, 5.74) is 1.80. The van der Waals surface area contributed by atoms with Gasteiger partial charge in [-0.25, -0.2) is 0 Å². The number of phenolic OH excluding ortho intramolecular Hbond substituents is 2. The molecular weight excluding hydrogens is 312 g/mol. The summed E-state index contributed by atoms with van der Waals surface area (Å²) in [6.45, 7) is 0.116. The minimum atomic E-state index is -0.215. The second-order valence-corrected chi connectivity index (χ2v) is 6.12. The largest absolute Gasteiger partial charge is 0.504 e. The van der Waals surface area contributed by atoms with E-state index < -0.39 is 0 Å². The summed E-state index contributed by atoms with van der Waals surface area (Å²) >= 11 is 1.63. The lowest BCUT2D eigenvalue weighted by atomic mass is 10.1. The predicted molar refractivity (Wildman–Crippen MR) is 94.1 cm³/mol. The standard InChI is InChI=1S/C18H20O4S/c1-22-17-12-16(21)15(20)11-14(17)7-8-18(23-10-9-19)13-5-3-2-4-6-13/h2-8,11-12,18-21H,9-10H2,1H3. The van der Waals surface area contributed by atoms with Crippen molar-refractivity contribution in [3.63, 3.8) is 0 Å². The first kappa shape index (κ1) is 17.2. The number of ether oxygens (including phenoxy) is 1. The highest BCUT2D eigenvalue weighted by atomic mass is 32.2. The zero-order valence-electron chi connectivity index (χ0n) is 12.8. The third-order valence-electron chi connectivity index (χ3n) is 3.29. The number of rotatable bonds is 7. The highest BCUT2D eigenvalue weighted by Gasteiger charge is 2.10. The molecule has 2 aromatic carbocycles. The van der Waals surface area contributed by atoms with Gasteiger partial charge in [0.05, 0.1) is 13.7 Å². The van der Waals surface area contributed by atoms with Gasteiger partial charge in [-0.3, -0.25) is 0 Å². The smallest absolute Gasteiger partial charge is 0.161 e. The fourth-order valence-corrected chi connectivity index (χ4v) is 3.06. The Morgan fingerprint density at radius 3 is 2.48 bits per heavy atom. The molecule has 0 saturated heterocycles. The predicted octanol–water partition coefficient (Wildman–Crippen LogP) is 3.59. The molecule has 5 heteroatoms. The van der Waals surface area contributed by atoms with E-state index >= 15 is 0 Å². The normalized spacial score (nSPS) is 12.4. The van der Waals surface area contributed by atoms with Gasteiger partial charge in [0.15, 0.2) is 11.5 Å². The van der Waals surface area contributed by atoms with Crippen molar-refractivity contribution in [3.05, 3.63) is 59.7 Å². The second kappa shape index (κ2) is 8.50. The maximum Gasteiger partial charge on any atom is 0.161 e. The van der Waals surface area contributed by atoms with Gasteiger partial charge in [0.2, 0.25) is 0 Å². The van der Waals surface area contributed by atoms with E-state index in [9.17, 15) is 10.2 Å². The van der Waals surface area contributed by atoms with Crippen LogP contribution < -0.4 is 4.74 Å². The summed E-state index contributed by atoms with van der Waals surface area (Å²) in [5, 5.41) is 28.4. The zero-order valence-corrected chi connectivity index (χ0v) is 13.7. The molecule has 0 aliphatic carbocycles. The Kier molecular flexibility index (Phi) is 6.38. The van der Waals surface area contributed by atoms with Gasteiger partial charge in [-0.05, 0) is 11.6 Å². The molecule has 0 bridgehead atoms.